The summed E-state index contributed by atoms with van der Waals surface area (Å²) in [5.74, 6) is -1.72. The lowest BCUT2D eigenvalue weighted by Gasteiger charge is -2.12. The first-order valence-corrected chi connectivity index (χ1v) is 10.9. The minimum Gasteiger partial charge on any atom is -0.480 e. The summed E-state index contributed by atoms with van der Waals surface area (Å²) in [7, 11) is 1.30. The van der Waals surface area contributed by atoms with E-state index < -0.39 is 18.0 Å². The van der Waals surface area contributed by atoms with E-state index in [9.17, 15) is 19.5 Å². The van der Waals surface area contributed by atoms with Crippen LogP contribution >= 0.6 is 0 Å². The first-order valence-electron chi connectivity index (χ1n) is 10.9. The molecule has 1 unspecified atom stereocenters. The van der Waals surface area contributed by atoms with E-state index in [4.69, 9.17) is 0 Å². The number of rotatable bonds is 14. The number of benzene rings is 1. The summed E-state index contributed by atoms with van der Waals surface area (Å²) < 4.78 is 4.65. The maximum atomic E-state index is 12.1. The van der Waals surface area contributed by atoms with Gasteiger partial charge in [0.1, 0.15) is 6.04 Å². The molecule has 0 spiro atoms. The second-order valence-corrected chi connectivity index (χ2v) is 7.57. The molecule has 1 heterocycles. The molecule has 32 heavy (non-hydrogen) atoms. The number of hydrogen-bond donors (Lipinski definition) is 2. The molecule has 0 aliphatic carbocycles. The van der Waals surface area contributed by atoms with Crippen molar-refractivity contribution in [2.75, 3.05) is 7.11 Å². The van der Waals surface area contributed by atoms with Gasteiger partial charge in [-0.3, -0.25) is 4.79 Å². The van der Waals surface area contributed by atoms with E-state index >= 15 is 0 Å². The Balaban J connectivity index is 1.85. The van der Waals surface area contributed by atoms with Gasteiger partial charge in [-0.05, 0) is 35.9 Å². The van der Waals surface area contributed by atoms with Crippen molar-refractivity contribution in [3.8, 4) is 5.69 Å². The van der Waals surface area contributed by atoms with Gasteiger partial charge in [-0.1, -0.05) is 45.4 Å². The van der Waals surface area contributed by atoms with E-state index in [1.54, 1.807) is 24.3 Å². The molecule has 0 radical (unpaired) electrons. The topological polar surface area (TPSA) is 136 Å². The molecule has 0 aliphatic rings. The molecule has 2 aromatic rings. The first-order chi connectivity index (χ1) is 15.4. The fraction of sp³-hybridized carbons (Fsp3) is 0.545. The van der Waals surface area contributed by atoms with Gasteiger partial charge in [-0.2, -0.15) is 0 Å². The van der Waals surface area contributed by atoms with Crippen LogP contribution in [0, 0.1) is 0 Å². The first kappa shape index (κ1) is 25.0. The highest BCUT2D eigenvalue weighted by atomic mass is 16.5. The smallest absolute Gasteiger partial charge is 0.337 e. The number of tetrazole rings is 1. The van der Waals surface area contributed by atoms with Crippen LogP contribution in [0.2, 0.25) is 0 Å². The van der Waals surface area contributed by atoms with Gasteiger partial charge in [-0.15, -0.1) is 15.0 Å². The zero-order valence-corrected chi connectivity index (χ0v) is 18.6. The second-order valence-electron chi connectivity index (χ2n) is 7.57. The number of carboxylic acid groups (broad SMARTS) is 1. The van der Waals surface area contributed by atoms with Crippen LogP contribution < -0.4 is 5.32 Å². The van der Waals surface area contributed by atoms with Crippen molar-refractivity contribution in [1.82, 2.24) is 25.5 Å². The number of carbonyl (C=O) groups is 3. The summed E-state index contributed by atoms with van der Waals surface area (Å²) >= 11 is 0. The van der Waals surface area contributed by atoms with Crippen LogP contribution in [-0.2, 0) is 20.7 Å². The molecule has 1 amide bonds. The van der Waals surface area contributed by atoms with Crippen LogP contribution in [-0.4, -0.2) is 56.3 Å². The number of amides is 1. The van der Waals surface area contributed by atoms with Gasteiger partial charge in [0, 0.05) is 12.8 Å². The lowest BCUT2D eigenvalue weighted by molar-refractivity contribution is -0.141. The molecule has 10 nitrogen and oxygen atoms in total. The second kappa shape index (κ2) is 13.2. The van der Waals surface area contributed by atoms with Crippen LogP contribution in [0.5, 0.6) is 0 Å². The lowest BCUT2D eigenvalue weighted by Crippen LogP contribution is -2.42. The molecule has 1 aromatic carbocycles. The fourth-order valence-electron chi connectivity index (χ4n) is 3.17. The van der Waals surface area contributed by atoms with Gasteiger partial charge in [0.2, 0.25) is 5.91 Å². The van der Waals surface area contributed by atoms with Crippen molar-refractivity contribution < 1.29 is 24.2 Å². The number of nitrogens with one attached hydrogen (secondary N) is 1. The third-order valence-electron chi connectivity index (χ3n) is 5.00. The Morgan fingerprint density at radius 3 is 2.34 bits per heavy atom. The number of methoxy groups -OCH3 is 1. The van der Waals surface area contributed by atoms with Gasteiger partial charge in [-0.25, -0.2) is 9.59 Å². The molecule has 10 heteroatoms. The van der Waals surface area contributed by atoms with Crippen LogP contribution in [0.3, 0.4) is 0 Å². The average Bonchev–Trinajstić information content (AvgIpc) is 3.26. The van der Waals surface area contributed by atoms with Crippen molar-refractivity contribution in [3.63, 3.8) is 0 Å². The van der Waals surface area contributed by atoms with Crippen molar-refractivity contribution in [2.24, 2.45) is 0 Å². The summed E-state index contributed by atoms with van der Waals surface area (Å²) in [5, 5.41) is 24.0. The normalized spacial score (nSPS) is 11.7. The van der Waals surface area contributed by atoms with E-state index in [-0.39, 0.29) is 18.2 Å². The molecule has 0 bridgehead atoms. The Morgan fingerprint density at radius 2 is 1.72 bits per heavy atom. The van der Waals surface area contributed by atoms with E-state index in [1.165, 1.54) is 37.6 Å². The zero-order valence-electron chi connectivity index (χ0n) is 18.6. The highest BCUT2D eigenvalue weighted by molar-refractivity contribution is 5.89. The molecule has 0 aliphatic heterocycles. The number of unbranched alkanes of at least 4 members (excludes halogenated alkanes) is 6. The molecule has 174 valence electrons. The van der Waals surface area contributed by atoms with Crippen molar-refractivity contribution >= 4 is 17.8 Å². The highest BCUT2D eigenvalue weighted by Gasteiger charge is 2.22. The quantitative estimate of drug-likeness (QED) is 0.335. The van der Waals surface area contributed by atoms with Crippen molar-refractivity contribution in [3.05, 3.63) is 35.7 Å². The van der Waals surface area contributed by atoms with E-state index in [0.29, 0.717) is 17.7 Å². The molecule has 0 fully saturated rings. The highest BCUT2D eigenvalue weighted by Crippen LogP contribution is 2.10. The SMILES string of the molecule is CCCCCCCCCC(=O)NC(Cc1nnn(-c2ccc(C(=O)OC)cc2)n1)C(=O)O. The third-order valence-corrected chi connectivity index (χ3v) is 5.00. The number of aliphatic carboxylic acids is 1. The van der Waals surface area contributed by atoms with Crippen LogP contribution in [0.15, 0.2) is 24.3 Å². The number of nitrogens with zero attached hydrogens (tertiary/aromatic N) is 4. The maximum Gasteiger partial charge on any atom is 0.337 e. The largest absolute Gasteiger partial charge is 0.480 e. The monoisotopic (exact) mass is 445 g/mol. The predicted molar refractivity (Wildman–Crippen MR) is 116 cm³/mol. The number of hydrogen-bond acceptors (Lipinski definition) is 7. The van der Waals surface area contributed by atoms with Gasteiger partial charge in [0.25, 0.3) is 0 Å². The summed E-state index contributed by atoms with van der Waals surface area (Å²) in [4.78, 5) is 36.5. The van der Waals surface area contributed by atoms with E-state index in [0.717, 1.165) is 19.3 Å². The Labute approximate surface area is 187 Å². The summed E-state index contributed by atoms with van der Waals surface area (Å²) in [6.45, 7) is 2.17. The van der Waals surface area contributed by atoms with E-state index in [1.807, 2.05) is 0 Å². The third kappa shape index (κ3) is 8.09. The molecule has 0 saturated heterocycles. The fourth-order valence-corrected chi connectivity index (χ4v) is 3.17. The summed E-state index contributed by atoms with van der Waals surface area (Å²) in [6, 6.07) is 5.24. The number of esters is 1. The maximum absolute atomic E-state index is 12.1. The van der Waals surface area contributed by atoms with Gasteiger partial charge in [0.15, 0.2) is 5.82 Å². The zero-order chi connectivity index (χ0) is 23.3. The van der Waals surface area contributed by atoms with Gasteiger partial charge in [0.05, 0.1) is 18.4 Å². The Morgan fingerprint density at radius 1 is 1.06 bits per heavy atom. The number of aromatic nitrogens is 4. The van der Waals surface area contributed by atoms with Crippen LogP contribution in [0.4, 0.5) is 0 Å². The molecule has 0 saturated carbocycles. The molecule has 2 N–H and O–H groups in total. The minimum atomic E-state index is -1.16. The Hall–Kier alpha value is -3.30. The molecule has 1 aromatic heterocycles. The number of ether oxygens (including phenoxy) is 1. The summed E-state index contributed by atoms with van der Waals surface area (Å²) in [5.41, 5.74) is 0.928. The lowest BCUT2D eigenvalue weighted by atomic mass is 10.1. The standard InChI is InChI=1S/C22H31N5O5/c1-3-4-5-6-7-8-9-10-20(28)23-18(21(29)30)15-19-24-26-27(25-19)17-13-11-16(12-14-17)22(31)32-2/h11-14,18H,3-10,15H2,1-2H3,(H,23,28)(H,29,30). The van der Waals surface area contributed by atoms with Crippen LogP contribution in [0.1, 0.15) is 74.5 Å². The van der Waals surface area contributed by atoms with Crippen molar-refractivity contribution in [2.45, 2.75) is 70.8 Å². The van der Waals surface area contributed by atoms with E-state index in [2.05, 4.69) is 32.4 Å². The Bertz CT molecular complexity index is 881. The molecule has 1 atom stereocenters. The molecular weight excluding hydrogens is 414 g/mol. The molecule has 2 rings (SSSR count). The minimum absolute atomic E-state index is 0.0850. The predicted octanol–water partition coefficient (Wildman–Crippen LogP) is 2.70. The van der Waals surface area contributed by atoms with Gasteiger partial charge < -0.3 is 15.2 Å². The average molecular weight is 446 g/mol. The number of carbonyl (C=O) groups excluding carboxylic acids is 2. The molecular formula is C22H31N5O5. The Kier molecular flexibility index (Phi) is 10.3. The van der Waals surface area contributed by atoms with Crippen molar-refractivity contribution in [1.29, 1.82) is 0 Å². The summed E-state index contributed by atoms with van der Waals surface area (Å²) in [6.07, 6.45) is 7.81. The van der Waals surface area contributed by atoms with Crippen LogP contribution in [0.25, 0.3) is 5.69 Å². The van der Waals surface area contributed by atoms with Gasteiger partial charge >= 0.3 is 11.9 Å². The number of carboxylic acids is 1.